The Kier molecular flexibility index (Phi) is 6.99. The quantitative estimate of drug-likeness (QED) is 0.376. The Morgan fingerprint density at radius 3 is 2.09 bits per heavy atom. The summed E-state index contributed by atoms with van der Waals surface area (Å²) < 4.78 is 42.2. The Morgan fingerprint density at radius 1 is 0.882 bits per heavy atom. The van der Waals surface area contributed by atoms with Crippen molar-refractivity contribution in [2.24, 2.45) is 14.1 Å². The zero-order valence-corrected chi connectivity index (χ0v) is 18.8. The van der Waals surface area contributed by atoms with Gasteiger partial charge in [-0.1, -0.05) is 24.3 Å². The normalized spacial score (nSPS) is 12.4. The summed E-state index contributed by atoms with van der Waals surface area (Å²) >= 11 is 0. The van der Waals surface area contributed by atoms with Crippen molar-refractivity contribution in [2.75, 3.05) is 6.61 Å². The summed E-state index contributed by atoms with van der Waals surface area (Å²) in [5.74, 6) is -0.665. The van der Waals surface area contributed by atoms with Crippen molar-refractivity contribution in [2.45, 2.75) is 25.9 Å². The predicted octanol–water partition coefficient (Wildman–Crippen LogP) is 2.51. The van der Waals surface area contributed by atoms with Crippen molar-refractivity contribution in [3.8, 4) is 0 Å². The fraction of sp³-hybridized carbons (Fsp3) is 0.292. The van der Waals surface area contributed by atoms with Crippen LogP contribution in [0, 0.1) is 11.6 Å². The number of imidazole rings is 1. The van der Waals surface area contributed by atoms with E-state index < -0.39 is 17.4 Å². The molecule has 0 N–H and O–H groups in total. The maximum absolute atomic E-state index is 13.2. The van der Waals surface area contributed by atoms with Crippen LogP contribution in [0.25, 0.3) is 11.2 Å². The Morgan fingerprint density at radius 2 is 1.47 bits per heavy atom. The highest BCUT2D eigenvalue weighted by molar-refractivity contribution is 5.69. The van der Waals surface area contributed by atoms with E-state index in [4.69, 9.17) is 9.47 Å². The summed E-state index contributed by atoms with van der Waals surface area (Å²) in [4.78, 5) is 29.2. The van der Waals surface area contributed by atoms with Crippen LogP contribution < -0.4 is 11.2 Å². The van der Waals surface area contributed by atoms with Crippen molar-refractivity contribution in [3.05, 3.63) is 98.5 Å². The van der Waals surface area contributed by atoms with Crippen molar-refractivity contribution in [3.63, 3.8) is 0 Å². The van der Waals surface area contributed by atoms with Crippen molar-refractivity contribution < 1.29 is 18.3 Å². The molecule has 0 fully saturated rings. The van der Waals surface area contributed by atoms with Gasteiger partial charge in [-0.05, 0) is 35.4 Å². The molecule has 0 aliphatic heterocycles. The van der Waals surface area contributed by atoms with Gasteiger partial charge in [-0.15, -0.1) is 0 Å². The first-order valence-electron chi connectivity index (χ1n) is 10.6. The van der Waals surface area contributed by atoms with Gasteiger partial charge in [-0.2, -0.15) is 0 Å². The van der Waals surface area contributed by atoms with E-state index in [-0.39, 0.29) is 49.2 Å². The van der Waals surface area contributed by atoms with Crippen LogP contribution in [0.3, 0.4) is 0 Å². The second-order valence-corrected chi connectivity index (χ2v) is 7.98. The molecule has 1 atom stereocenters. The molecule has 178 valence electrons. The van der Waals surface area contributed by atoms with E-state index in [1.807, 2.05) is 0 Å². The van der Waals surface area contributed by atoms with Crippen molar-refractivity contribution in [1.29, 1.82) is 0 Å². The van der Waals surface area contributed by atoms with Crippen LogP contribution in [-0.4, -0.2) is 31.4 Å². The van der Waals surface area contributed by atoms with Crippen LogP contribution in [0.4, 0.5) is 8.78 Å². The summed E-state index contributed by atoms with van der Waals surface area (Å²) in [5, 5.41) is 0. The van der Waals surface area contributed by atoms with Crippen LogP contribution in [0.5, 0.6) is 0 Å². The number of fused-ring (bicyclic) bond motifs is 1. The smallest absolute Gasteiger partial charge is 0.332 e. The van der Waals surface area contributed by atoms with E-state index in [9.17, 15) is 18.4 Å². The number of hydrogen-bond donors (Lipinski definition) is 0. The maximum atomic E-state index is 13.2. The van der Waals surface area contributed by atoms with Gasteiger partial charge < -0.3 is 14.0 Å². The molecule has 10 heteroatoms. The van der Waals surface area contributed by atoms with E-state index in [1.54, 1.807) is 35.9 Å². The van der Waals surface area contributed by atoms with Gasteiger partial charge in [-0.25, -0.2) is 18.6 Å². The van der Waals surface area contributed by atoms with Gasteiger partial charge in [-0.3, -0.25) is 13.9 Å². The van der Waals surface area contributed by atoms with Crippen LogP contribution in [0.2, 0.25) is 0 Å². The monoisotopic (exact) mass is 470 g/mol. The third kappa shape index (κ3) is 5.13. The predicted molar refractivity (Wildman–Crippen MR) is 121 cm³/mol. The molecule has 0 spiro atoms. The molecular formula is C24H24F2N4O4. The summed E-state index contributed by atoms with van der Waals surface area (Å²) in [6, 6.07) is 12.0. The van der Waals surface area contributed by atoms with E-state index in [1.165, 1.54) is 42.2 Å². The van der Waals surface area contributed by atoms with Crippen LogP contribution in [0.1, 0.15) is 11.1 Å². The first-order chi connectivity index (χ1) is 16.3. The number of ether oxygens (including phenoxy) is 2. The van der Waals surface area contributed by atoms with Gasteiger partial charge in [0.2, 0.25) is 0 Å². The molecule has 0 bridgehead atoms. The van der Waals surface area contributed by atoms with Gasteiger partial charge in [0.15, 0.2) is 11.2 Å². The summed E-state index contributed by atoms with van der Waals surface area (Å²) in [6.07, 6.45) is 0.990. The lowest BCUT2D eigenvalue weighted by Crippen LogP contribution is -2.38. The van der Waals surface area contributed by atoms with Crippen LogP contribution >= 0.6 is 0 Å². The fourth-order valence-corrected chi connectivity index (χ4v) is 3.59. The summed E-state index contributed by atoms with van der Waals surface area (Å²) in [6.45, 7) is 0.852. The number of benzene rings is 2. The van der Waals surface area contributed by atoms with Gasteiger partial charge in [0.1, 0.15) is 11.6 Å². The first kappa shape index (κ1) is 23.5. The molecule has 2 aromatic carbocycles. The van der Waals surface area contributed by atoms with Gasteiger partial charge in [0, 0.05) is 14.1 Å². The topological polar surface area (TPSA) is 80.3 Å². The maximum Gasteiger partial charge on any atom is 0.332 e. The minimum atomic E-state index is -0.496. The van der Waals surface area contributed by atoms with Crippen LogP contribution in [0.15, 0.2) is 64.4 Å². The largest absolute Gasteiger partial charge is 0.374 e. The number of rotatable bonds is 9. The molecule has 2 aromatic heterocycles. The lowest BCUT2D eigenvalue weighted by atomic mass is 10.2. The minimum absolute atomic E-state index is 0.171. The molecule has 0 saturated heterocycles. The molecule has 0 amide bonds. The molecule has 34 heavy (non-hydrogen) atoms. The van der Waals surface area contributed by atoms with Gasteiger partial charge in [0.05, 0.1) is 38.8 Å². The number of nitrogens with zero attached hydrogens (tertiary/aromatic N) is 4. The molecule has 0 aliphatic carbocycles. The minimum Gasteiger partial charge on any atom is -0.374 e. The van der Waals surface area contributed by atoms with Gasteiger partial charge >= 0.3 is 5.69 Å². The highest BCUT2D eigenvalue weighted by Crippen LogP contribution is 2.12. The Balaban J connectivity index is 1.54. The lowest BCUT2D eigenvalue weighted by molar-refractivity contribution is -0.0368. The average molecular weight is 470 g/mol. The average Bonchev–Trinajstić information content (AvgIpc) is 3.25. The molecule has 0 radical (unpaired) electrons. The lowest BCUT2D eigenvalue weighted by Gasteiger charge is -2.19. The first-order valence-corrected chi connectivity index (χ1v) is 10.6. The Bertz CT molecular complexity index is 1390. The van der Waals surface area contributed by atoms with Crippen LogP contribution in [-0.2, 0) is 43.3 Å². The highest BCUT2D eigenvalue weighted by Gasteiger charge is 2.18. The highest BCUT2D eigenvalue weighted by atomic mass is 19.1. The van der Waals surface area contributed by atoms with Crippen molar-refractivity contribution in [1.82, 2.24) is 18.7 Å². The molecule has 0 aliphatic rings. The number of aromatic nitrogens is 4. The van der Waals surface area contributed by atoms with E-state index in [0.717, 1.165) is 15.7 Å². The molecule has 4 rings (SSSR count). The molecule has 0 saturated carbocycles. The molecule has 2 heterocycles. The molecule has 4 aromatic rings. The summed E-state index contributed by atoms with van der Waals surface area (Å²) in [7, 11) is 2.96. The van der Waals surface area contributed by atoms with Crippen molar-refractivity contribution >= 4 is 11.2 Å². The van der Waals surface area contributed by atoms with E-state index >= 15 is 0 Å². The third-order valence-electron chi connectivity index (χ3n) is 5.50. The number of halogens is 2. The second-order valence-electron chi connectivity index (χ2n) is 7.98. The van der Waals surface area contributed by atoms with E-state index in [0.29, 0.717) is 0 Å². The van der Waals surface area contributed by atoms with E-state index in [2.05, 4.69) is 4.98 Å². The fourth-order valence-electron chi connectivity index (χ4n) is 3.59. The standard InChI is InChI=1S/C24H24F2N4O4/c1-28-22-21(23(31)29(2)24(28)32)30(15-27-22)11-20(34-13-17-5-9-19(26)10-6-17)14-33-12-16-3-7-18(25)8-4-16/h3-10,15,20H,11-14H2,1-2H3/t20-/m0/s1. The molecule has 8 nitrogen and oxygen atoms in total. The SMILES string of the molecule is Cn1c(=O)c2c(ncn2C[C@@H](COCc2ccc(F)cc2)OCc2ccc(F)cc2)n(C)c1=O. The Hall–Kier alpha value is -3.63. The third-order valence-corrected chi connectivity index (χ3v) is 5.50. The zero-order chi connectivity index (χ0) is 24.2. The molecule has 0 unspecified atom stereocenters. The molecular weight excluding hydrogens is 446 g/mol. The zero-order valence-electron chi connectivity index (χ0n) is 18.8. The summed E-state index contributed by atoms with van der Waals surface area (Å²) in [5.41, 5.74) is 1.21. The number of hydrogen-bond acceptors (Lipinski definition) is 5. The second kappa shape index (κ2) is 10.1. The number of aryl methyl sites for hydroxylation is 1. The van der Waals surface area contributed by atoms with Gasteiger partial charge in [0.25, 0.3) is 5.56 Å². The Labute approximate surface area is 193 Å².